The van der Waals surface area contributed by atoms with E-state index in [2.05, 4.69) is 0 Å². The molecule has 1 aromatic carbocycles. The molecule has 0 saturated carbocycles. The van der Waals surface area contributed by atoms with Gasteiger partial charge in [0.15, 0.2) is 0 Å². The smallest absolute Gasteiger partial charge is 0.409 e. The third kappa shape index (κ3) is 5.70. The van der Waals surface area contributed by atoms with Crippen molar-refractivity contribution in [1.29, 1.82) is 0 Å². The predicted molar refractivity (Wildman–Crippen MR) is 125 cm³/mol. The lowest BCUT2D eigenvalue weighted by Crippen LogP contribution is -2.53. The molecule has 0 spiro atoms. The molecule has 2 aliphatic rings. The van der Waals surface area contributed by atoms with Crippen LogP contribution in [0.4, 0.5) is 4.79 Å². The van der Waals surface area contributed by atoms with E-state index in [4.69, 9.17) is 21.1 Å². The number of rotatable bonds is 6. The molecule has 0 aliphatic carbocycles. The Hall–Kier alpha value is -3.07. The maximum absolute atomic E-state index is 13.1. The first-order chi connectivity index (χ1) is 16.3. The predicted octanol–water partition coefficient (Wildman–Crippen LogP) is 2.79. The van der Waals surface area contributed by atoms with Crippen LogP contribution in [0.15, 0.2) is 35.5 Å². The van der Waals surface area contributed by atoms with Gasteiger partial charge in [0.2, 0.25) is 11.8 Å². The number of carbonyl (C=O) groups is 4. The van der Waals surface area contributed by atoms with E-state index in [0.717, 1.165) is 5.56 Å². The minimum absolute atomic E-state index is 0.0236. The zero-order valence-electron chi connectivity index (χ0n) is 19.7. The summed E-state index contributed by atoms with van der Waals surface area (Å²) in [6.07, 6.45) is -0.374. The van der Waals surface area contributed by atoms with Crippen LogP contribution in [0.5, 0.6) is 0 Å². The van der Waals surface area contributed by atoms with Crippen molar-refractivity contribution >= 4 is 35.5 Å². The van der Waals surface area contributed by atoms with Gasteiger partial charge in [0.25, 0.3) is 0 Å². The van der Waals surface area contributed by atoms with Gasteiger partial charge in [-0.1, -0.05) is 23.7 Å². The first-order valence-electron chi connectivity index (χ1n) is 11.4. The quantitative estimate of drug-likeness (QED) is 0.568. The van der Waals surface area contributed by atoms with Crippen molar-refractivity contribution in [2.24, 2.45) is 0 Å². The number of hydrogen-bond acceptors (Lipinski definition) is 6. The summed E-state index contributed by atoms with van der Waals surface area (Å²) in [7, 11) is 0. The Balaban J connectivity index is 1.79. The molecule has 1 saturated heterocycles. The Morgan fingerprint density at radius 3 is 2.29 bits per heavy atom. The molecule has 9 nitrogen and oxygen atoms in total. The van der Waals surface area contributed by atoms with Gasteiger partial charge >= 0.3 is 12.1 Å². The highest BCUT2D eigenvalue weighted by Gasteiger charge is 2.38. The molecule has 0 N–H and O–H groups in total. The number of benzene rings is 1. The van der Waals surface area contributed by atoms with Crippen LogP contribution in [-0.4, -0.2) is 84.5 Å². The first kappa shape index (κ1) is 25.6. The maximum atomic E-state index is 13.1. The molecule has 1 atom stereocenters. The number of halogens is 1. The number of piperazine rings is 1. The van der Waals surface area contributed by atoms with Gasteiger partial charge in [-0.25, -0.2) is 9.59 Å². The molecule has 0 aromatic heterocycles. The van der Waals surface area contributed by atoms with Crippen LogP contribution >= 0.6 is 11.6 Å². The number of nitrogens with zero attached hydrogens (tertiary/aromatic N) is 3. The summed E-state index contributed by atoms with van der Waals surface area (Å²) in [4.78, 5) is 55.4. The van der Waals surface area contributed by atoms with E-state index in [1.807, 2.05) is 6.07 Å². The molecular formula is C24H30ClN3O6. The summed E-state index contributed by atoms with van der Waals surface area (Å²) in [5.74, 6) is -1.53. The van der Waals surface area contributed by atoms with E-state index in [9.17, 15) is 19.2 Å². The van der Waals surface area contributed by atoms with Gasteiger partial charge in [-0.3, -0.25) is 9.59 Å². The maximum Gasteiger partial charge on any atom is 0.409 e. The van der Waals surface area contributed by atoms with E-state index in [0.29, 0.717) is 49.1 Å². The van der Waals surface area contributed by atoms with Crippen molar-refractivity contribution in [3.05, 3.63) is 46.1 Å². The van der Waals surface area contributed by atoms with Crippen molar-refractivity contribution in [3.8, 4) is 0 Å². The Morgan fingerprint density at radius 1 is 1.03 bits per heavy atom. The van der Waals surface area contributed by atoms with Crippen LogP contribution in [0.2, 0.25) is 5.02 Å². The van der Waals surface area contributed by atoms with Crippen LogP contribution in [0, 0.1) is 0 Å². The van der Waals surface area contributed by atoms with Crippen LogP contribution in [-0.2, 0) is 23.9 Å². The lowest BCUT2D eigenvalue weighted by Gasteiger charge is -2.37. The van der Waals surface area contributed by atoms with E-state index in [1.54, 1.807) is 48.8 Å². The van der Waals surface area contributed by atoms with Gasteiger partial charge in [0.1, 0.15) is 6.54 Å². The van der Waals surface area contributed by atoms with Crippen LogP contribution < -0.4 is 0 Å². The molecule has 0 radical (unpaired) electrons. The second-order valence-electron chi connectivity index (χ2n) is 8.08. The second-order valence-corrected chi connectivity index (χ2v) is 8.51. The van der Waals surface area contributed by atoms with Crippen molar-refractivity contribution in [1.82, 2.24) is 14.7 Å². The van der Waals surface area contributed by atoms with Gasteiger partial charge in [0.05, 0.1) is 18.8 Å². The molecule has 184 valence electrons. The van der Waals surface area contributed by atoms with Crippen molar-refractivity contribution < 1.29 is 28.7 Å². The summed E-state index contributed by atoms with van der Waals surface area (Å²) in [5, 5.41) is 0.505. The lowest BCUT2D eigenvalue weighted by atomic mass is 9.83. The van der Waals surface area contributed by atoms with Crippen molar-refractivity contribution in [2.45, 2.75) is 33.1 Å². The molecule has 3 amide bonds. The minimum Gasteiger partial charge on any atom is -0.463 e. The normalized spacial score (nSPS) is 18.8. The molecule has 1 aromatic rings. The average molecular weight is 492 g/mol. The number of amides is 3. The van der Waals surface area contributed by atoms with Crippen LogP contribution in [0.3, 0.4) is 0 Å². The third-order valence-corrected chi connectivity index (χ3v) is 6.26. The standard InChI is InChI=1S/C24H30ClN3O6/c1-4-33-23(31)22-16(3)28(20(29)14-19(22)17-7-6-8-18(25)13-17)15-21(30)26-9-11-27(12-10-26)24(32)34-5-2/h6-8,13,19H,4-5,9-12,14-15H2,1-3H3. The number of allylic oxidation sites excluding steroid dienone is 1. The number of hydrogen-bond donors (Lipinski definition) is 0. The fraction of sp³-hybridized carbons (Fsp3) is 0.500. The fourth-order valence-corrected chi connectivity index (χ4v) is 4.47. The van der Waals surface area contributed by atoms with E-state index >= 15 is 0 Å². The monoisotopic (exact) mass is 491 g/mol. The van der Waals surface area contributed by atoms with Gasteiger partial charge in [0, 0.05) is 49.2 Å². The van der Waals surface area contributed by atoms with Gasteiger partial charge in [-0.05, 0) is 38.5 Å². The lowest BCUT2D eigenvalue weighted by molar-refractivity contribution is -0.143. The van der Waals surface area contributed by atoms with Crippen molar-refractivity contribution in [2.75, 3.05) is 45.9 Å². The molecule has 10 heteroatoms. The highest BCUT2D eigenvalue weighted by molar-refractivity contribution is 6.30. The van der Waals surface area contributed by atoms with Gasteiger partial charge in [-0.15, -0.1) is 0 Å². The Bertz CT molecular complexity index is 987. The van der Waals surface area contributed by atoms with Gasteiger partial charge < -0.3 is 24.2 Å². The number of esters is 1. The Kier molecular flexibility index (Phi) is 8.55. The summed E-state index contributed by atoms with van der Waals surface area (Å²) in [6, 6.07) is 7.05. The van der Waals surface area contributed by atoms with E-state index < -0.39 is 18.0 Å². The molecule has 1 fully saturated rings. The molecule has 2 aliphatic heterocycles. The highest BCUT2D eigenvalue weighted by Crippen LogP contribution is 2.37. The fourth-order valence-electron chi connectivity index (χ4n) is 4.27. The summed E-state index contributed by atoms with van der Waals surface area (Å²) < 4.78 is 10.3. The zero-order chi connectivity index (χ0) is 24.8. The average Bonchev–Trinajstić information content (AvgIpc) is 2.81. The van der Waals surface area contributed by atoms with E-state index in [-0.39, 0.29) is 31.4 Å². The molecule has 2 heterocycles. The molecule has 0 bridgehead atoms. The third-order valence-electron chi connectivity index (χ3n) is 6.02. The topological polar surface area (TPSA) is 96.5 Å². The molecule has 3 rings (SSSR count). The molecule has 1 unspecified atom stereocenters. The molecule has 34 heavy (non-hydrogen) atoms. The molecular weight excluding hydrogens is 462 g/mol. The van der Waals surface area contributed by atoms with Crippen molar-refractivity contribution in [3.63, 3.8) is 0 Å². The highest BCUT2D eigenvalue weighted by atomic mass is 35.5. The minimum atomic E-state index is -0.516. The van der Waals surface area contributed by atoms with Crippen LogP contribution in [0.25, 0.3) is 0 Å². The Labute approximate surface area is 204 Å². The summed E-state index contributed by atoms with van der Waals surface area (Å²) in [5.41, 5.74) is 1.49. The SMILES string of the molecule is CCOC(=O)C1=C(C)N(CC(=O)N2CCN(C(=O)OCC)CC2)C(=O)CC1c1cccc(Cl)c1. The first-order valence-corrected chi connectivity index (χ1v) is 11.8. The second kappa shape index (κ2) is 11.4. The van der Waals surface area contributed by atoms with E-state index in [1.165, 1.54) is 4.90 Å². The summed E-state index contributed by atoms with van der Waals surface area (Å²) in [6.45, 7) is 6.82. The number of carbonyl (C=O) groups excluding carboxylic acids is 4. The number of ether oxygens (including phenoxy) is 2. The van der Waals surface area contributed by atoms with Crippen LogP contribution in [0.1, 0.15) is 38.7 Å². The Morgan fingerprint density at radius 2 is 1.68 bits per heavy atom. The largest absolute Gasteiger partial charge is 0.463 e. The van der Waals surface area contributed by atoms with Gasteiger partial charge in [-0.2, -0.15) is 0 Å². The zero-order valence-corrected chi connectivity index (χ0v) is 20.5. The summed E-state index contributed by atoms with van der Waals surface area (Å²) >= 11 is 6.15.